The minimum Gasteiger partial charge on any atom is -0.321 e. The van der Waals surface area contributed by atoms with E-state index in [1.165, 1.54) is 4.80 Å². The van der Waals surface area contributed by atoms with Crippen LogP contribution in [0.4, 0.5) is 0 Å². The van der Waals surface area contributed by atoms with Gasteiger partial charge in [-0.05, 0) is 17.7 Å². The zero-order valence-corrected chi connectivity index (χ0v) is 9.45. The van der Waals surface area contributed by atoms with Gasteiger partial charge in [-0.2, -0.15) is 4.80 Å². The second kappa shape index (κ2) is 4.84. The molecule has 0 radical (unpaired) electrons. The van der Waals surface area contributed by atoms with Gasteiger partial charge in [0.1, 0.15) is 0 Å². The van der Waals surface area contributed by atoms with Crippen LogP contribution >= 0.6 is 0 Å². The Balaban J connectivity index is 2.12. The van der Waals surface area contributed by atoms with E-state index in [0.717, 1.165) is 5.56 Å². The number of carbonyl (C=O) groups is 1. The van der Waals surface area contributed by atoms with Crippen LogP contribution in [0.3, 0.4) is 0 Å². The summed E-state index contributed by atoms with van der Waals surface area (Å²) in [6.45, 7) is 2.08. The van der Waals surface area contributed by atoms with Gasteiger partial charge in [0.25, 0.3) is 0 Å². The highest BCUT2D eigenvalue weighted by Crippen LogP contribution is 2.00. The van der Waals surface area contributed by atoms with Crippen LogP contribution in [0.1, 0.15) is 23.1 Å². The summed E-state index contributed by atoms with van der Waals surface area (Å²) in [6, 6.07) is 9.10. The molecule has 2 rings (SSSR count). The van der Waals surface area contributed by atoms with Crippen molar-refractivity contribution in [3.63, 3.8) is 0 Å². The van der Waals surface area contributed by atoms with Crippen molar-refractivity contribution in [2.24, 2.45) is 5.73 Å². The number of carbonyl (C=O) groups excluding carboxylic acids is 1. The Morgan fingerprint density at radius 2 is 2.12 bits per heavy atom. The summed E-state index contributed by atoms with van der Waals surface area (Å²) >= 11 is 0. The normalized spacial score (nSPS) is 12.4. The Morgan fingerprint density at radius 3 is 2.76 bits per heavy atom. The van der Waals surface area contributed by atoms with Gasteiger partial charge in [-0.1, -0.05) is 30.3 Å². The number of Topliss-reactive ketones (excluding diaryl/α,β-unsaturated/α-hetero) is 1. The third kappa shape index (κ3) is 2.73. The number of hydrogen-bond acceptors (Lipinski definition) is 5. The van der Waals surface area contributed by atoms with Gasteiger partial charge in [0.15, 0.2) is 0 Å². The van der Waals surface area contributed by atoms with Gasteiger partial charge >= 0.3 is 0 Å². The van der Waals surface area contributed by atoms with Gasteiger partial charge in [0.05, 0.1) is 12.6 Å². The monoisotopic (exact) mass is 231 g/mol. The topological polar surface area (TPSA) is 86.7 Å². The average molecular weight is 231 g/mol. The smallest absolute Gasteiger partial charge is 0.242 e. The van der Waals surface area contributed by atoms with Gasteiger partial charge in [-0.3, -0.25) is 4.79 Å². The van der Waals surface area contributed by atoms with Crippen LogP contribution in [-0.4, -0.2) is 32.0 Å². The first kappa shape index (κ1) is 11.4. The molecule has 2 aromatic rings. The lowest BCUT2D eigenvalue weighted by Gasteiger charge is -1.99. The van der Waals surface area contributed by atoms with Gasteiger partial charge in [0.2, 0.25) is 11.6 Å². The van der Waals surface area contributed by atoms with Crippen molar-refractivity contribution in [3.05, 3.63) is 41.7 Å². The second-order valence-electron chi connectivity index (χ2n) is 3.78. The van der Waals surface area contributed by atoms with Crippen LogP contribution in [0.5, 0.6) is 0 Å². The molecule has 1 atom stereocenters. The molecule has 6 heteroatoms. The molecule has 0 bridgehead atoms. The molecule has 0 amide bonds. The molecule has 0 aliphatic carbocycles. The molecule has 0 aliphatic rings. The molecule has 6 nitrogen and oxygen atoms in total. The first-order valence-corrected chi connectivity index (χ1v) is 5.28. The summed E-state index contributed by atoms with van der Waals surface area (Å²) in [5.74, 6) is -0.236. The summed E-state index contributed by atoms with van der Waals surface area (Å²) in [5.41, 5.74) is 6.51. The Bertz CT molecular complexity index is 506. The molecular formula is C11H13N5O. The lowest BCUT2D eigenvalue weighted by molar-refractivity contribution is 0.0957. The molecular weight excluding hydrogens is 218 g/mol. The number of aromatic nitrogens is 4. The first-order valence-electron chi connectivity index (χ1n) is 5.28. The molecule has 88 valence electrons. The quantitative estimate of drug-likeness (QED) is 0.762. The molecule has 1 aromatic carbocycles. The third-order valence-corrected chi connectivity index (χ3v) is 2.25. The fraction of sp³-hybridized carbons (Fsp3) is 0.273. The van der Waals surface area contributed by atoms with Crippen molar-refractivity contribution in [2.75, 3.05) is 0 Å². The van der Waals surface area contributed by atoms with Crippen LogP contribution in [0, 0.1) is 0 Å². The number of benzene rings is 1. The van der Waals surface area contributed by atoms with E-state index in [4.69, 9.17) is 5.73 Å². The van der Waals surface area contributed by atoms with Crippen molar-refractivity contribution in [2.45, 2.75) is 19.5 Å². The number of tetrazole rings is 1. The molecule has 1 heterocycles. The molecule has 17 heavy (non-hydrogen) atoms. The van der Waals surface area contributed by atoms with E-state index >= 15 is 0 Å². The van der Waals surface area contributed by atoms with E-state index in [2.05, 4.69) is 15.4 Å². The molecule has 1 unspecified atom stereocenters. The van der Waals surface area contributed by atoms with Crippen LogP contribution < -0.4 is 5.73 Å². The third-order valence-electron chi connectivity index (χ3n) is 2.25. The number of ketones is 1. The predicted molar refractivity (Wildman–Crippen MR) is 61.3 cm³/mol. The molecule has 1 aromatic heterocycles. The minimum absolute atomic E-state index is 0.0657. The first-order chi connectivity index (χ1) is 8.16. The maximum Gasteiger partial charge on any atom is 0.242 e. The summed E-state index contributed by atoms with van der Waals surface area (Å²) in [6.07, 6.45) is 0. The van der Waals surface area contributed by atoms with Crippen molar-refractivity contribution in [1.29, 1.82) is 0 Å². The van der Waals surface area contributed by atoms with Gasteiger partial charge in [-0.15, -0.1) is 10.2 Å². The highest BCUT2D eigenvalue weighted by molar-refractivity contribution is 5.96. The number of nitrogens with zero attached hydrogens (tertiary/aromatic N) is 4. The Hall–Kier alpha value is -2.08. The second-order valence-corrected chi connectivity index (χ2v) is 3.78. The van der Waals surface area contributed by atoms with E-state index in [0.29, 0.717) is 6.54 Å². The van der Waals surface area contributed by atoms with Crippen LogP contribution in [-0.2, 0) is 6.54 Å². The van der Waals surface area contributed by atoms with E-state index < -0.39 is 6.04 Å². The van der Waals surface area contributed by atoms with E-state index in [9.17, 15) is 4.79 Å². The van der Waals surface area contributed by atoms with Crippen LogP contribution in [0.15, 0.2) is 30.3 Å². The number of rotatable bonds is 4. The van der Waals surface area contributed by atoms with Crippen molar-refractivity contribution >= 4 is 5.78 Å². The molecule has 0 saturated carbocycles. The highest BCUT2D eigenvalue weighted by Gasteiger charge is 2.16. The lowest BCUT2D eigenvalue weighted by Crippen LogP contribution is -2.27. The molecule has 0 fully saturated rings. The summed E-state index contributed by atoms with van der Waals surface area (Å²) in [5, 5.41) is 11.5. The molecule has 0 aliphatic heterocycles. The van der Waals surface area contributed by atoms with Crippen molar-refractivity contribution in [3.8, 4) is 0 Å². The van der Waals surface area contributed by atoms with Crippen molar-refractivity contribution < 1.29 is 4.79 Å². The zero-order valence-electron chi connectivity index (χ0n) is 9.45. The number of nitrogens with two attached hydrogens (primary N) is 1. The minimum atomic E-state index is -0.607. The summed E-state index contributed by atoms with van der Waals surface area (Å²) < 4.78 is 0. The van der Waals surface area contributed by atoms with Gasteiger partial charge in [-0.25, -0.2) is 0 Å². The van der Waals surface area contributed by atoms with Gasteiger partial charge < -0.3 is 5.73 Å². The molecule has 0 saturated heterocycles. The fourth-order valence-electron chi connectivity index (χ4n) is 1.36. The van der Waals surface area contributed by atoms with Gasteiger partial charge in [0, 0.05) is 0 Å². The summed E-state index contributed by atoms with van der Waals surface area (Å²) in [4.78, 5) is 12.9. The Kier molecular flexibility index (Phi) is 3.24. The maximum absolute atomic E-state index is 11.5. The Labute approximate surface area is 98.4 Å². The highest BCUT2D eigenvalue weighted by atomic mass is 16.1. The number of hydrogen-bond donors (Lipinski definition) is 1. The lowest BCUT2D eigenvalue weighted by atomic mass is 10.2. The fourth-order valence-corrected chi connectivity index (χ4v) is 1.36. The van der Waals surface area contributed by atoms with E-state index in [-0.39, 0.29) is 11.6 Å². The Morgan fingerprint density at radius 1 is 1.41 bits per heavy atom. The zero-order chi connectivity index (χ0) is 12.3. The average Bonchev–Trinajstić information content (AvgIpc) is 2.77. The van der Waals surface area contributed by atoms with E-state index in [1.807, 2.05) is 30.3 Å². The van der Waals surface area contributed by atoms with Crippen LogP contribution in [0.25, 0.3) is 0 Å². The SMILES string of the molecule is CC(N)C(=O)c1nnn(Cc2ccccc2)n1. The van der Waals surface area contributed by atoms with Crippen molar-refractivity contribution in [1.82, 2.24) is 20.2 Å². The van der Waals surface area contributed by atoms with Crippen LogP contribution in [0.2, 0.25) is 0 Å². The molecule has 0 spiro atoms. The largest absolute Gasteiger partial charge is 0.321 e. The maximum atomic E-state index is 11.5. The predicted octanol–water partition coefficient (Wildman–Crippen LogP) is 0.251. The van der Waals surface area contributed by atoms with E-state index in [1.54, 1.807) is 6.92 Å². The summed E-state index contributed by atoms with van der Waals surface area (Å²) in [7, 11) is 0. The standard InChI is InChI=1S/C11H13N5O/c1-8(12)10(17)11-13-15-16(14-11)7-9-5-3-2-4-6-9/h2-6,8H,7,12H2,1H3. The molecule has 2 N–H and O–H groups in total.